The van der Waals surface area contributed by atoms with Crippen LogP contribution in [0.5, 0.6) is 0 Å². The van der Waals surface area contributed by atoms with E-state index in [-0.39, 0.29) is 11.6 Å². The lowest BCUT2D eigenvalue weighted by molar-refractivity contribution is 0.102. The number of nitrogens with one attached hydrogen (secondary N) is 2. The van der Waals surface area contributed by atoms with Crippen molar-refractivity contribution in [3.05, 3.63) is 34.4 Å². The average Bonchev–Trinajstić information content (AvgIpc) is 2.64. The van der Waals surface area contributed by atoms with Crippen LogP contribution >= 0.6 is 11.6 Å². The van der Waals surface area contributed by atoms with Gasteiger partial charge in [-0.1, -0.05) is 11.6 Å². The third-order valence-corrected chi connectivity index (χ3v) is 2.72. The van der Waals surface area contributed by atoms with Gasteiger partial charge in [0.1, 0.15) is 5.15 Å². The van der Waals surface area contributed by atoms with Crippen molar-refractivity contribution in [2.75, 3.05) is 11.1 Å². The first kappa shape index (κ1) is 12.4. The summed E-state index contributed by atoms with van der Waals surface area (Å²) >= 11 is 5.74. The molecule has 0 unspecified atom stereocenters. The van der Waals surface area contributed by atoms with E-state index in [1.807, 2.05) is 0 Å². The molecule has 0 aliphatic rings. The van der Waals surface area contributed by atoms with Crippen LogP contribution < -0.4 is 11.1 Å². The molecule has 2 rings (SSSR count). The highest BCUT2D eigenvalue weighted by Crippen LogP contribution is 2.18. The maximum atomic E-state index is 12.0. The molecule has 0 fully saturated rings. The number of hydrogen-bond acceptors (Lipinski definition) is 4. The third-order valence-electron chi connectivity index (χ3n) is 2.51. The molecule has 0 saturated heterocycles. The normalized spacial score (nSPS) is 10.4. The Morgan fingerprint density at radius 2 is 2.17 bits per heavy atom. The lowest BCUT2D eigenvalue weighted by Gasteiger charge is -2.06. The summed E-state index contributed by atoms with van der Waals surface area (Å²) in [6, 6.07) is 3.28. The number of rotatable bonds is 2. The van der Waals surface area contributed by atoms with Crippen LogP contribution in [0.25, 0.3) is 0 Å². The number of carbonyl (C=O) groups excluding carboxylic acids is 1. The van der Waals surface area contributed by atoms with Crippen molar-refractivity contribution in [3.8, 4) is 0 Å². The van der Waals surface area contributed by atoms with E-state index in [0.717, 1.165) is 0 Å². The minimum absolute atomic E-state index is 0.168. The van der Waals surface area contributed by atoms with Gasteiger partial charge in [0.15, 0.2) is 5.69 Å². The van der Waals surface area contributed by atoms with Gasteiger partial charge in [-0.05, 0) is 26.0 Å². The summed E-state index contributed by atoms with van der Waals surface area (Å²) in [4.78, 5) is 16.0. The Morgan fingerprint density at radius 3 is 2.72 bits per heavy atom. The molecule has 0 spiro atoms. The number of aromatic amines is 1. The van der Waals surface area contributed by atoms with E-state index in [1.54, 1.807) is 26.0 Å². The van der Waals surface area contributed by atoms with Crippen molar-refractivity contribution < 1.29 is 4.79 Å². The lowest BCUT2D eigenvalue weighted by atomic mass is 10.2. The SMILES string of the molecule is Cc1nc(Cl)ccc1NC(=O)c1n[nH]c(C)c1N. The molecule has 0 aliphatic carbocycles. The summed E-state index contributed by atoms with van der Waals surface area (Å²) in [5, 5.41) is 9.57. The topological polar surface area (TPSA) is 96.7 Å². The average molecular weight is 266 g/mol. The smallest absolute Gasteiger partial charge is 0.278 e. The summed E-state index contributed by atoms with van der Waals surface area (Å²) in [5.74, 6) is -0.385. The highest BCUT2D eigenvalue weighted by atomic mass is 35.5. The summed E-state index contributed by atoms with van der Waals surface area (Å²) < 4.78 is 0. The van der Waals surface area contributed by atoms with Crippen molar-refractivity contribution in [2.24, 2.45) is 0 Å². The van der Waals surface area contributed by atoms with Crippen molar-refractivity contribution in [1.29, 1.82) is 0 Å². The predicted molar refractivity (Wildman–Crippen MR) is 69.7 cm³/mol. The monoisotopic (exact) mass is 265 g/mol. The second-order valence-corrected chi connectivity index (χ2v) is 4.22. The Labute approximate surface area is 109 Å². The summed E-state index contributed by atoms with van der Waals surface area (Å²) in [6.07, 6.45) is 0. The van der Waals surface area contributed by atoms with E-state index in [1.165, 1.54) is 0 Å². The zero-order valence-electron chi connectivity index (χ0n) is 9.91. The predicted octanol–water partition coefficient (Wildman–Crippen LogP) is 1.91. The second kappa shape index (κ2) is 4.66. The number of H-pyrrole nitrogens is 1. The van der Waals surface area contributed by atoms with Crippen LogP contribution in [-0.2, 0) is 0 Å². The van der Waals surface area contributed by atoms with Crippen LogP contribution in [0.3, 0.4) is 0 Å². The number of pyridine rings is 1. The largest absolute Gasteiger partial charge is 0.395 e. The molecule has 0 saturated carbocycles. The number of nitrogens with zero attached hydrogens (tertiary/aromatic N) is 2. The van der Waals surface area contributed by atoms with Gasteiger partial charge < -0.3 is 11.1 Å². The molecular formula is C11H12ClN5O. The molecule has 2 heterocycles. The molecule has 7 heteroatoms. The minimum Gasteiger partial charge on any atom is -0.395 e. The number of halogens is 1. The van der Waals surface area contributed by atoms with Gasteiger partial charge in [-0.15, -0.1) is 0 Å². The fourth-order valence-corrected chi connectivity index (χ4v) is 1.64. The fraction of sp³-hybridized carbons (Fsp3) is 0.182. The fourth-order valence-electron chi connectivity index (χ4n) is 1.45. The van der Waals surface area contributed by atoms with Crippen molar-refractivity contribution >= 4 is 28.9 Å². The van der Waals surface area contributed by atoms with Crippen LogP contribution in [0.2, 0.25) is 5.15 Å². The molecule has 2 aromatic heterocycles. The quantitative estimate of drug-likeness (QED) is 0.723. The van der Waals surface area contributed by atoms with E-state index in [0.29, 0.717) is 27.9 Å². The van der Waals surface area contributed by atoms with Crippen LogP contribution in [0.4, 0.5) is 11.4 Å². The van der Waals surface area contributed by atoms with Gasteiger partial charge in [0.2, 0.25) is 0 Å². The Kier molecular flexibility index (Phi) is 3.20. The highest BCUT2D eigenvalue weighted by molar-refractivity contribution is 6.29. The zero-order valence-corrected chi connectivity index (χ0v) is 10.7. The number of aromatic nitrogens is 3. The maximum absolute atomic E-state index is 12.0. The number of aryl methyl sites for hydroxylation is 2. The molecular weight excluding hydrogens is 254 g/mol. The molecule has 0 aromatic carbocycles. The Hall–Kier alpha value is -2.08. The molecule has 18 heavy (non-hydrogen) atoms. The molecule has 4 N–H and O–H groups in total. The Balaban J connectivity index is 2.24. The molecule has 94 valence electrons. The molecule has 0 radical (unpaired) electrons. The van der Waals surface area contributed by atoms with Crippen LogP contribution in [0.15, 0.2) is 12.1 Å². The van der Waals surface area contributed by atoms with Crippen LogP contribution in [0, 0.1) is 13.8 Å². The third kappa shape index (κ3) is 2.28. The molecule has 6 nitrogen and oxygen atoms in total. The number of anilines is 2. The van der Waals surface area contributed by atoms with Gasteiger partial charge >= 0.3 is 0 Å². The number of carbonyl (C=O) groups is 1. The van der Waals surface area contributed by atoms with Crippen LogP contribution in [0.1, 0.15) is 21.9 Å². The first-order valence-electron chi connectivity index (χ1n) is 5.24. The van der Waals surface area contributed by atoms with Gasteiger partial charge in [-0.2, -0.15) is 5.10 Å². The van der Waals surface area contributed by atoms with E-state index in [4.69, 9.17) is 17.3 Å². The van der Waals surface area contributed by atoms with Crippen LogP contribution in [-0.4, -0.2) is 21.1 Å². The molecule has 0 aliphatic heterocycles. The molecule has 2 aromatic rings. The maximum Gasteiger partial charge on any atom is 0.278 e. The van der Waals surface area contributed by atoms with Gasteiger partial charge in [0, 0.05) is 0 Å². The van der Waals surface area contributed by atoms with E-state index in [9.17, 15) is 4.79 Å². The molecule has 1 amide bonds. The Morgan fingerprint density at radius 1 is 1.44 bits per heavy atom. The first-order chi connectivity index (χ1) is 8.49. The van der Waals surface area contributed by atoms with Gasteiger partial charge in [0.25, 0.3) is 5.91 Å². The molecule has 0 atom stereocenters. The summed E-state index contributed by atoms with van der Waals surface area (Å²) in [6.45, 7) is 3.49. The number of amides is 1. The summed E-state index contributed by atoms with van der Waals surface area (Å²) in [5.41, 5.74) is 8.09. The van der Waals surface area contributed by atoms with Gasteiger partial charge in [-0.25, -0.2) is 4.98 Å². The van der Waals surface area contributed by atoms with E-state index >= 15 is 0 Å². The number of nitrogen functional groups attached to an aromatic ring is 1. The van der Waals surface area contributed by atoms with Gasteiger partial charge in [0.05, 0.1) is 22.8 Å². The number of hydrogen-bond donors (Lipinski definition) is 3. The summed E-state index contributed by atoms with van der Waals surface area (Å²) in [7, 11) is 0. The van der Waals surface area contributed by atoms with E-state index < -0.39 is 0 Å². The van der Waals surface area contributed by atoms with Crippen molar-refractivity contribution in [2.45, 2.75) is 13.8 Å². The van der Waals surface area contributed by atoms with Crippen molar-refractivity contribution in [3.63, 3.8) is 0 Å². The van der Waals surface area contributed by atoms with E-state index in [2.05, 4.69) is 20.5 Å². The first-order valence-corrected chi connectivity index (χ1v) is 5.61. The highest BCUT2D eigenvalue weighted by Gasteiger charge is 2.16. The zero-order chi connectivity index (χ0) is 13.3. The second-order valence-electron chi connectivity index (χ2n) is 3.83. The van der Waals surface area contributed by atoms with Crippen molar-refractivity contribution in [1.82, 2.24) is 15.2 Å². The minimum atomic E-state index is -0.385. The van der Waals surface area contributed by atoms with Gasteiger partial charge in [-0.3, -0.25) is 9.89 Å². The Bertz CT molecular complexity index is 607. The standard InChI is InChI=1S/C11H12ClN5O/c1-5-7(3-4-8(12)14-5)15-11(18)10-9(13)6(2)16-17-10/h3-4H,13H2,1-2H3,(H,15,18)(H,16,17). The lowest BCUT2D eigenvalue weighted by Crippen LogP contribution is -2.15. The number of nitrogens with two attached hydrogens (primary N) is 1. The molecule has 0 bridgehead atoms.